The van der Waals surface area contributed by atoms with Crippen LogP contribution in [0.1, 0.15) is 6.92 Å². The van der Waals surface area contributed by atoms with Crippen molar-refractivity contribution in [1.82, 2.24) is 4.90 Å². The van der Waals surface area contributed by atoms with E-state index in [4.69, 9.17) is 0 Å². The molecule has 1 unspecified atom stereocenters. The Morgan fingerprint density at radius 1 is 1.50 bits per heavy atom. The van der Waals surface area contributed by atoms with Gasteiger partial charge < -0.3 is 4.90 Å². The van der Waals surface area contributed by atoms with E-state index in [0.717, 1.165) is 0 Å². The standard InChI is InChI=1S/C6H12F2NP/c1-5(4-9(2)3)6(7,8)10/h4H,10H2,1-3H3/b5-4+. The molecule has 0 radical (unpaired) electrons. The fourth-order valence-corrected chi connectivity index (χ4v) is 0.548. The van der Waals surface area contributed by atoms with Crippen molar-refractivity contribution in [2.45, 2.75) is 12.6 Å². The third-order valence-corrected chi connectivity index (χ3v) is 1.43. The van der Waals surface area contributed by atoms with E-state index in [1.165, 1.54) is 22.4 Å². The average Bonchev–Trinajstić information content (AvgIpc) is 1.60. The molecule has 0 bridgehead atoms. The van der Waals surface area contributed by atoms with E-state index in [9.17, 15) is 8.78 Å². The molecule has 0 aromatic rings. The fraction of sp³-hybridized carbons (Fsp3) is 0.667. The molecule has 0 aromatic carbocycles. The van der Waals surface area contributed by atoms with Crippen LogP contribution in [0.2, 0.25) is 0 Å². The van der Waals surface area contributed by atoms with Gasteiger partial charge in [0, 0.05) is 25.9 Å². The molecule has 0 rings (SSSR count). The smallest absolute Gasteiger partial charge is 0.281 e. The van der Waals surface area contributed by atoms with Gasteiger partial charge in [-0.25, -0.2) is 0 Å². The van der Waals surface area contributed by atoms with Gasteiger partial charge in [-0.2, -0.15) is 8.78 Å². The highest BCUT2D eigenvalue weighted by atomic mass is 31.0. The van der Waals surface area contributed by atoms with Crippen LogP contribution in [0.25, 0.3) is 0 Å². The third kappa shape index (κ3) is 3.78. The lowest BCUT2D eigenvalue weighted by atomic mass is 10.3. The molecular formula is C6H12F2NP. The summed E-state index contributed by atoms with van der Waals surface area (Å²) >= 11 is 0. The number of rotatable bonds is 2. The summed E-state index contributed by atoms with van der Waals surface area (Å²) in [6.07, 6.45) is 1.40. The molecule has 0 aliphatic carbocycles. The quantitative estimate of drug-likeness (QED) is 0.568. The Bertz CT molecular complexity index is 137. The van der Waals surface area contributed by atoms with Gasteiger partial charge in [-0.1, -0.05) is 9.24 Å². The van der Waals surface area contributed by atoms with E-state index in [1.54, 1.807) is 19.0 Å². The summed E-state index contributed by atoms with van der Waals surface area (Å²) in [6.45, 7) is 1.40. The number of allylic oxidation sites excluding steroid dienone is 1. The van der Waals surface area contributed by atoms with Gasteiger partial charge in [0.05, 0.1) is 0 Å². The fourth-order valence-electron chi connectivity index (χ4n) is 0.473. The highest BCUT2D eigenvalue weighted by Gasteiger charge is 2.23. The molecule has 0 saturated heterocycles. The highest BCUT2D eigenvalue weighted by Crippen LogP contribution is 2.30. The molecule has 10 heavy (non-hydrogen) atoms. The van der Waals surface area contributed by atoms with Gasteiger partial charge in [-0.05, 0) is 6.92 Å². The van der Waals surface area contributed by atoms with Crippen LogP contribution in [-0.4, -0.2) is 24.7 Å². The predicted octanol–water partition coefficient (Wildman–Crippen LogP) is 1.92. The van der Waals surface area contributed by atoms with Crippen LogP contribution in [0.4, 0.5) is 8.78 Å². The van der Waals surface area contributed by atoms with Crippen molar-refractivity contribution in [3.05, 3.63) is 11.8 Å². The van der Waals surface area contributed by atoms with E-state index in [0.29, 0.717) is 0 Å². The Balaban J connectivity index is 4.20. The summed E-state index contributed by atoms with van der Waals surface area (Å²) in [4.78, 5) is 1.59. The Morgan fingerprint density at radius 2 is 1.90 bits per heavy atom. The van der Waals surface area contributed by atoms with Crippen LogP contribution in [0.3, 0.4) is 0 Å². The molecule has 60 valence electrons. The molecule has 0 N–H and O–H groups in total. The van der Waals surface area contributed by atoms with E-state index >= 15 is 0 Å². The number of hydrogen-bond donors (Lipinski definition) is 0. The molecule has 0 aliphatic heterocycles. The predicted molar refractivity (Wildman–Crippen MR) is 42.1 cm³/mol. The SMILES string of the molecule is C/C(=C\N(C)C)C(F)(F)P. The van der Waals surface area contributed by atoms with Crippen molar-refractivity contribution in [2.75, 3.05) is 14.1 Å². The van der Waals surface area contributed by atoms with Crippen LogP contribution in [0.15, 0.2) is 11.8 Å². The van der Waals surface area contributed by atoms with Crippen molar-refractivity contribution in [2.24, 2.45) is 0 Å². The summed E-state index contributed by atoms with van der Waals surface area (Å²) in [6, 6.07) is 0. The molecule has 1 nitrogen and oxygen atoms in total. The van der Waals surface area contributed by atoms with Gasteiger partial charge in [0.25, 0.3) is 5.66 Å². The topological polar surface area (TPSA) is 3.24 Å². The maximum atomic E-state index is 12.3. The minimum Gasteiger partial charge on any atom is -0.383 e. The first-order chi connectivity index (χ1) is 4.34. The number of alkyl halides is 2. The summed E-state index contributed by atoms with van der Waals surface area (Å²) in [5.41, 5.74) is -2.73. The van der Waals surface area contributed by atoms with Crippen molar-refractivity contribution in [3.8, 4) is 0 Å². The molecular weight excluding hydrogens is 155 g/mol. The van der Waals surface area contributed by atoms with E-state index in [1.807, 2.05) is 0 Å². The summed E-state index contributed by atoms with van der Waals surface area (Å²) in [7, 11) is 4.91. The van der Waals surface area contributed by atoms with Gasteiger partial charge in [0.1, 0.15) is 0 Å². The summed E-state index contributed by atoms with van der Waals surface area (Å²) in [5, 5.41) is 0. The molecule has 0 fully saturated rings. The maximum absolute atomic E-state index is 12.3. The lowest BCUT2D eigenvalue weighted by Gasteiger charge is -2.13. The number of hydrogen-bond acceptors (Lipinski definition) is 1. The van der Waals surface area contributed by atoms with Crippen molar-refractivity contribution in [1.29, 1.82) is 0 Å². The molecule has 0 saturated carbocycles. The highest BCUT2D eigenvalue weighted by molar-refractivity contribution is 7.18. The Hall–Kier alpha value is -0.170. The zero-order chi connectivity index (χ0) is 8.36. The Kier molecular flexibility index (Phi) is 3.23. The molecule has 0 amide bonds. The zero-order valence-corrected chi connectivity index (χ0v) is 7.51. The zero-order valence-electron chi connectivity index (χ0n) is 6.36. The number of halogens is 2. The normalized spacial score (nSPS) is 13.6. The van der Waals surface area contributed by atoms with E-state index in [-0.39, 0.29) is 5.57 Å². The van der Waals surface area contributed by atoms with Crippen LogP contribution in [0.5, 0.6) is 0 Å². The summed E-state index contributed by atoms with van der Waals surface area (Å²) in [5.74, 6) is 0. The molecule has 4 heteroatoms. The van der Waals surface area contributed by atoms with Gasteiger partial charge in [-0.3, -0.25) is 0 Å². The van der Waals surface area contributed by atoms with E-state index < -0.39 is 5.66 Å². The first-order valence-corrected chi connectivity index (χ1v) is 3.44. The van der Waals surface area contributed by atoms with Crippen molar-refractivity contribution < 1.29 is 8.78 Å². The maximum Gasteiger partial charge on any atom is 0.281 e. The van der Waals surface area contributed by atoms with Gasteiger partial charge in [0.15, 0.2) is 0 Å². The first kappa shape index (κ1) is 9.83. The molecule has 0 aromatic heterocycles. The van der Waals surface area contributed by atoms with Gasteiger partial charge >= 0.3 is 0 Å². The van der Waals surface area contributed by atoms with E-state index in [2.05, 4.69) is 0 Å². The van der Waals surface area contributed by atoms with Gasteiger partial charge in [-0.15, -0.1) is 0 Å². The second-order valence-electron chi connectivity index (χ2n) is 2.40. The second-order valence-corrected chi connectivity index (χ2v) is 3.12. The molecule has 1 atom stereocenters. The molecule has 0 aliphatic rings. The van der Waals surface area contributed by atoms with Gasteiger partial charge in [0.2, 0.25) is 0 Å². The second kappa shape index (κ2) is 3.29. The summed E-state index contributed by atoms with van der Waals surface area (Å²) < 4.78 is 24.7. The minimum atomic E-state index is -2.77. The lowest BCUT2D eigenvalue weighted by Crippen LogP contribution is -2.11. The Morgan fingerprint density at radius 3 is 2.00 bits per heavy atom. The molecule has 0 heterocycles. The van der Waals surface area contributed by atoms with Crippen LogP contribution in [0, 0.1) is 0 Å². The monoisotopic (exact) mass is 167 g/mol. The first-order valence-electron chi connectivity index (χ1n) is 2.86. The average molecular weight is 167 g/mol. The van der Waals surface area contributed by atoms with Crippen LogP contribution >= 0.6 is 9.24 Å². The largest absolute Gasteiger partial charge is 0.383 e. The van der Waals surface area contributed by atoms with Crippen molar-refractivity contribution in [3.63, 3.8) is 0 Å². The van der Waals surface area contributed by atoms with Crippen LogP contribution < -0.4 is 0 Å². The molecule has 0 spiro atoms. The number of nitrogens with zero attached hydrogens (tertiary/aromatic N) is 1. The van der Waals surface area contributed by atoms with Crippen molar-refractivity contribution >= 4 is 9.24 Å². The Labute approximate surface area is 62.3 Å². The minimum absolute atomic E-state index is 0.0440. The lowest BCUT2D eigenvalue weighted by molar-refractivity contribution is 0.145. The third-order valence-electron chi connectivity index (χ3n) is 0.978. The van der Waals surface area contributed by atoms with Crippen LogP contribution in [-0.2, 0) is 0 Å².